The number of thiophene rings is 1. The summed E-state index contributed by atoms with van der Waals surface area (Å²) in [5, 5.41) is 0. The van der Waals surface area contributed by atoms with E-state index in [1.54, 1.807) is 4.88 Å². The van der Waals surface area contributed by atoms with E-state index in [2.05, 4.69) is 66.8 Å². The van der Waals surface area contributed by atoms with Gasteiger partial charge in [0.25, 0.3) is 0 Å². The van der Waals surface area contributed by atoms with Gasteiger partial charge in [0.2, 0.25) is 0 Å². The molecule has 0 aliphatic heterocycles. The molecule has 1 aromatic heterocycles. The summed E-state index contributed by atoms with van der Waals surface area (Å²) in [6.45, 7) is 4.44. The standard InChI is InChI=1S/C14H15IS/c1-10-11(2)16-13(14(10)15)9-8-12-6-4-3-5-7-12/h3-7H,8-9H2,1-2H3. The molecule has 0 radical (unpaired) electrons. The van der Waals surface area contributed by atoms with Gasteiger partial charge in [0.1, 0.15) is 0 Å². The molecule has 2 rings (SSSR count). The van der Waals surface area contributed by atoms with Gasteiger partial charge in [0, 0.05) is 13.3 Å². The molecular formula is C14H15IS. The van der Waals surface area contributed by atoms with Crippen molar-refractivity contribution in [2.24, 2.45) is 0 Å². The Bertz CT molecular complexity index is 471. The maximum absolute atomic E-state index is 2.48. The van der Waals surface area contributed by atoms with Gasteiger partial charge in [-0.15, -0.1) is 11.3 Å². The van der Waals surface area contributed by atoms with Crippen molar-refractivity contribution in [1.29, 1.82) is 0 Å². The van der Waals surface area contributed by atoms with E-state index in [0.29, 0.717) is 0 Å². The summed E-state index contributed by atoms with van der Waals surface area (Å²) < 4.78 is 1.47. The highest BCUT2D eigenvalue weighted by Crippen LogP contribution is 2.29. The summed E-state index contributed by atoms with van der Waals surface area (Å²) in [6, 6.07) is 10.7. The Kier molecular flexibility index (Phi) is 4.03. The van der Waals surface area contributed by atoms with Crippen LogP contribution in [0.1, 0.15) is 20.9 Å². The molecule has 0 saturated heterocycles. The molecule has 0 amide bonds. The minimum Gasteiger partial charge on any atom is -0.144 e. The number of aryl methyl sites for hydroxylation is 3. The molecule has 0 atom stereocenters. The van der Waals surface area contributed by atoms with Crippen LogP contribution in [0.15, 0.2) is 30.3 Å². The fourth-order valence-electron chi connectivity index (χ4n) is 1.73. The summed E-state index contributed by atoms with van der Waals surface area (Å²) in [5.41, 5.74) is 2.90. The SMILES string of the molecule is Cc1sc(CCc2ccccc2)c(I)c1C. The maximum atomic E-state index is 2.48. The lowest BCUT2D eigenvalue weighted by Crippen LogP contribution is -1.90. The van der Waals surface area contributed by atoms with Crippen LogP contribution in [0.2, 0.25) is 0 Å². The van der Waals surface area contributed by atoms with Crippen LogP contribution >= 0.6 is 33.9 Å². The Morgan fingerprint density at radius 2 is 1.75 bits per heavy atom. The summed E-state index contributed by atoms with van der Waals surface area (Å²) in [7, 11) is 0. The molecule has 1 aromatic carbocycles. The van der Waals surface area contributed by atoms with Crippen molar-refractivity contribution >= 4 is 33.9 Å². The fourth-order valence-corrected chi connectivity index (χ4v) is 3.99. The number of hydrogen-bond acceptors (Lipinski definition) is 1. The minimum absolute atomic E-state index is 1.15. The summed E-state index contributed by atoms with van der Waals surface area (Å²) in [4.78, 5) is 3.01. The van der Waals surface area contributed by atoms with Gasteiger partial charge in [-0.3, -0.25) is 0 Å². The molecule has 0 bridgehead atoms. The first-order chi connectivity index (χ1) is 7.68. The molecule has 0 aliphatic carbocycles. The molecule has 0 nitrogen and oxygen atoms in total. The normalized spacial score (nSPS) is 10.7. The quantitative estimate of drug-likeness (QED) is 0.706. The molecule has 0 N–H and O–H groups in total. The first-order valence-corrected chi connectivity index (χ1v) is 7.36. The van der Waals surface area contributed by atoms with E-state index < -0.39 is 0 Å². The van der Waals surface area contributed by atoms with Crippen molar-refractivity contribution in [1.82, 2.24) is 0 Å². The maximum Gasteiger partial charge on any atom is 0.0301 e. The smallest absolute Gasteiger partial charge is 0.0301 e. The molecule has 2 heteroatoms. The Balaban J connectivity index is 2.08. The average Bonchev–Trinajstić information content (AvgIpc) is 2.56. The van der Waals surface area contributed by atoms with Crippen molar-refractivity contribution in [2.75, 3.05) is 0 Å². The van der Waals surface area contributed by atoms with Crippen molar-refractivity contribution in [3.8, 4) is 0 Å². The van der Waals surface area contributed by atoms with Gasteiger partial charge in [-0.25, -0.2) is 0 Å². The number of benzene rings is 1. The van der Waals surface area contributed by atoms with Crippen LogP contribution < -0.4 is 0 Å². The zero-order chi connectivity index (χ0) is 11.5. The Morgan fingerprint density at radius 3 is 2.31 bits per heavy atom. The Hall–Kier alpha value is -0.350. The van der Waals surface area contributed by atoms with Gasteiger partial charge < -0.3 is 0 Å². The lowest BCUT2D eigenvalue weighted by Gasteiger charge is -2.00. The lowest BCUT2D eigenvalue weighted by atomic mass is 10.1. The van der Waals surface area contributed by atoms with Crippen LogP contribution in [0.25, 0.3) is 0 Å². The van der Waals surface area contributed by atoms with Crippen molar-refractivity contribution in [3.05, 3.63) is 54.8 Å². The van der Waals surface area contributed by atoms with Gasteiger partial charge in [-0.05, 0) is 60.4 Å². The highest BCUT2D eigenvalue weighted by atomic mass is 127. The zero-order valence-corrected chi connectivity index (χ0v) is 12.6. The molecular weight excluding hydrogens is 327 g/mol. The first kappa shape index (κ1) is 12.1. The van der Waals surface area contributed by atoms with Gasteiger partial charge in [0.15, 0.2) is 0 Å². The Morgan fingerprint density at radius 1 is 1.06 bits per heavy atom. The van der Waals surface area contributed by atoms with Gasteiger partial charge in [-0.1, -0.05) is 30.3 Å². The molecule has 0 aliphatic rings. The van der Waals surface area contributed by atoms with Crippen LogP contribution in [0, 0.1) is 17.4 Å². The third-order valence-electron chi connectivity index (χ3n) is 2.86. The zero-order valence-electron chi connectivity index (χ0n) is 9.59. The molecule has 84 valence electrons. The lowest BCUT2D eigenvalue weighted by molar-refractivity contribution is 0.974. The van der Waals surface area contributed by atoms with Crippen LogP contribution in [0.5, 0.6) is 0 Å². The molecule has 0 saturated carbocycles. The van der Waals surface area contributed by atoms with E-state index in [1.807, 2.05) is 11.3 Å². The first-order valence-electron chi connectivity index (χ1n) is 5.47. The van der Waals surface area contributed by atoms with Gasteiger partial charge in [0.05, 0.1) is 0 Å². The van der Waals surface area contributed by atoms with Crippen molar-refractivity contribution < 1.29 is 0 Å². The van der Waals surface area contributed by atoms with E-state index in [4.69, 9.17) is 0 Å². The molecule has 0 fully saturated rings. The largest absolute Gasteiger partial charge is 0.144 e. The molecule has 1 heterocycles. The second-order valence-corrected chi connectivity index (χ2v) is 6.39. The average molecular weight is 342 g/mol. The predicted octanol–water partition coefficient (Wildman–Crippen LogP) is 4.75. The van der Waals surface area contributed by atoms with Crippen molar-refractivity contribution in [2.45, 2.75) is 26.7 Å². The molecule has 0 spiro atoms. The van der Waals surface area contributed by atoms with Crippen LogP contribution in [-0.4, -0.2) is 0 Å². The van der Waals surface area contributed by atoms with E-state index in [-0.39, 0.29) is 0 Å². The molecule has 16 heavy (non-hydrogen) atoms. The van der Waals surface area contributed by atoms with E-state index in [1.165, 1.54) is 26.0 Å². The minimum atomic E-state index is 1.15. The molecule has 2 aromatic rings. The van der Waals surface area contributed by atoms with Crippen molar-refractivity contribution in [3.63, 3.8) is 0 Å². The predicted molar refractivity (Wildman–Crippen MR) is 80.4 cm³/mol. The highest BCUT2D eigenvalue weighted by molar-refractivity contribution is 14.1. The third-order valence-corrected chi connectivity index (χ3v) is 5.96. The summed E-state index contributed by atoms with van der Waals surface area (Å²) in [6.07, 6.45) is 2.32. The topological polar surface area (TPSA) is 0 Å². The summed E-state index contributed by atoms with van der Waals surface area (Å²) >= 11 is 4.43. The number of hydrogen-bond donors (Lipinski definition) is 0. The third kappa shape index (κ3) is 2.66. The van der Waals surface area contributed by atoms with E-state index in [9.17, 15) is 0 Å². The second kappa shape index (κ2) is 5.32. The molecule has 0 unspecified atom stereocenters. The van der Waals surface area contributed by atoms with Crippen LogP contribution in [0.4, 0.5) is 0 Å². The van der Waals surface area contributed by atoms with Crippen LogP contribution in [-0.2, 0) is 12.8 Å². The number of halogens is 1. The monoisotopic (exact) mass is 342 g/mol. The fraction of sp³-hybridized carbons (Fsp3) is 0.286. The number of rotatable bonds is 3. The van der Waals surface area contributed by atoms with Gasteiger partial charge >= 0.3 is 0 Å². The Labute approximate surface area is 115 Å². The summed E-state index contributed by atoms with van der Waals surface area (Å²) in [5.74, 6) is 0. The van der Waals surface area contributed by atoms with E-state index in [0.717, 1.165) is 6.42 Å². The highest BCUT2D eigenvalue weighted by Gasteiger charge is 2.09. The van der Waals surface area contributed by atoms with Gasteiger partial charge in [-0.2, -0.15) is 0 Å². The van der Waals surface area contributed by atoms with Crippen LogP contribution in [0.3, 0.4) is 0 Å². The van der Waals surface area contributed by atoms with E-state index >= 15 is 0 Å². The second-order valence-electron chi connectivity index (χ2n) is 4.01.